The van der Waals surface area contributed by atoms with E-state index in [1.54, 1.807) is 70.7 Å². The summed E-state index contributed by atoms with van der Waals surface area (Å²) in [5, 5.41) is 95.7. The Hall–Kier alpha value is -14.3. The number of aryl methyl sites for hydroxylation is 1. The SMILES string of the molecule is CCc1c(-c2cnc(N3CCC(N(C)C)C3)cn2)[nH]c(=O)c(C(=O)O)c1O.Cc1c(-c2ccc(N3CCC(N(C)C)C3)cn2)[nH]c(=O)c(C(=O)O)c1O.Cc1c(-c2ccc(N3CCCC3)cn2)[nH]c(=O)c(C(=O)O)c1O.Cc1c(-c2ccc(N3C[C@@H]4C(N)[C@@H]4C3)cn2)[nH]c(=O)c(C(=O)O)c1O.Cc1cc(N2C[C@@H]3C(N)[C@@H]3C2)ccc1-c1[nH]c(=O)c(C(=O)O)c(O)c1C. The van der Waals surface area contributed by atoms with Gasteiger partial charge in [0.2, 0.25) is 0 Å². The third-order valence-electron chi connectivity index (χ3n) is 25.0. The van der Waals surface area contributed by atoms with E-state index in [0.717, 1.165) is 118 Å². The van der Waals surface area contributed by atoms with Crippen molar-refractivity contribution in [3.05, 3.63) is 199 Å². The summed E-state index contributed by atoms with van der Waals surface area (Å²) in [6, 6.07) is 18.6. The molecule has 19 N–H and O–H groups in total. The van der Waals surface area contributed by atoms with Crippen molar-refractivity contribution in [1.82, 2.24) is 59.6 Å². The summed E-state index contributed by atoms with van der Waals surface area (Å²) < 4.78 is 0. The minimum Gasteiger partial charge on any atom is -0.506 e. The Morgan fingerprint density at radius 3 is 1.06 bits per heavy atom. The van der Waals surface area contributed by atoms with Crippen molar-refractivity contribution in [2.45, 2.75) is 97.8 Å². The van der Waals surface area contributed by atoms with Crippen LogP contribution in [0.1, 0.15) is 118 Å². The lowest BCUT2D eigenvalue weighted by Gasteiger charge is -2.23. The topological polar surface area (TPSA) is 591 Å². The lowest BCUT2D eigenvalue weighted by atomic mass is 9.99. The minimum atomic E-state index is -1.47. The van der Waals surface area contributed by atoms with Crippen LogP contribution in [0.3, 0.4) is 0 Å². The molecule has 5 saturated heterocycles. The molecule has 39 nitrogen and oxygen atoms in total. The summed E-state index contributed by atoms with van der Waals surface area (Å²) in [6.07, 6.45) is 13.1. The summed E-state index contributed by atoms with van der Waals surface area (Å²) >= 11 is 0. The van der Waals surface area contributed by atoms with Crippen molar-refractivity contribution >= 4 is 58.4 Å². The maximum absolute atomic E-state index is 12.1. The van der Waals surface area contributed by atoms with E-state index in [4.69, 9.17) is 37.0 Å². The molecule has 0 bridgehead atoms. The Bertz CT molecular complexity index is 6220. The van der Waals surface area contributed by atoms with Crippen molar-refractivity contribution in [2.24, 2.45) is 35.1 Å². The zero-order valence-corrected chi connectivity index (χ0v) is 71.4. The average Bonchev–Trinajstić information content (AvgIpc) is 1.60. The predicted octanol–water partition coefficient (Wildman–Crippen LogP) is 5.98. The van der Waals surface area contributed by atoms with Gasteiger partial charge in [0.15, 0.2) is 27.8 Å². The number of hydrogen-bond acceptors (Lipinski definition) is 29. The smallest absolute Gasteiger partial charge is 0.345 e. The molecule has 39 heteroatoms. The molecule has 0 amide bonds. The molecule has 2 aliphatic carbocycles. The van der Waals surface area contributed by atoms with Crippen molar-refractivity contribution in [2.75, 3.05) is 118 Å². The Balaban J connectivity index is 0.000000136. The zero-order valence-electron chi connectivity index (χ0n) is 71.4. The number of aromatic carboxylic acids is 5. The Morgan fingerprint density at radius 1 is 0.386 bits per heavy atom. The molecule has 7 aliphatic rings. The predicted molar refractivity (Wildman–Crippen MR) is 472 cm³/mol. The van der Waals surface area contributed by atoms with E-state index in [0.29, 0.717) is 111 Å². The minimum absolute atomic E-state index is 0.269. The van der Waals surface area contributed by atoms with Crippen LogP contribution < -0.4 is 63.8 Å². The highest BCUT2D eigenvalue weighted by Gasteiger charge is 2.54. The highest BCUT2D eigenvalue weighted by molar-refractivity contribution is 5.95. The normalized spacial score (nSPS) is 19.3. The second-order valence-electron chi connectivity index (χ2n) is 33.1. The first kappa shape index (κ1) is 90.4. The highest BCUT2D eigenvalue weighted by Crippen LogP contribution is 2.47. The molecular formula is C88H101N19O20. The summed E-state index contributed by atoms with van der Waals surface area (Å²) in [5.41, 5.74) is 15.2. The van der Waals surface area contributed by atoms with Crippen molar-refractivity contribution in [3.8, 4) is 85.6 Å². The summed E-state index contributed by atoms with van der Waals surface area (Å²) in [6.45, 7) is 19.4. The number of nitrogens with two attached hydrogens (primary N) is 2. The van der Waals surface area contributed by atoms with Gasteiger partial charge in [0.1, 0.15) is 40.3 Å². The Labute approximate surface area is 725 Å². The quantitative estimate of drug-likeness (QED) is 0.0470. The van der Waals surface area contributed by atoms with Crippen LogP contribution in [-0.4, -0.2) is 258 Å². The van der Waals surface area contributed by atoms with E-state index in [1.165, 1.54) is 26.0 Å². The van der Waals surface area contributed by atoms with E-state index in [-0.39, 0.29) is 22.4 Å². The number of carboxylic acid groups (broad SMARTS) is 5. The van der Waals surface area contributed by atoms with Crippen molar-refractivity contribution in [1.29, 1.82) is 0 Å². The largest absolute Gasteiger partial charge is 0.506 e. The van der Waals surface area contributed by atoms with E-state index in [2.05, 4.69) is 112 Å². The fourth-order valence-corrected chi connectivity index (χ4v) is 17.2. The number of anilines is 5. The van der Waals surface area contributed by atoms with Gasteiger partial charge in [-0.15, -0.1) is 0 Å². The van der Waals surface area contributed by atoms with Crippen LogP contribution in [0.15, 0.2) is 110 Å². The molecule has 9 aromatic heterocycles. The number of nitrogens with one attached hydrogen (secondary N) is 5. The lowest BCUT2D eigenvalue weighted by molar-refractivity contribution is 0.0680. The number of fused-ring (bicyclic) bond motifs is 2. The zero-order chi connectivity index (χ0) is 91.9. The molecule has 1 aromatic carbocycles. The highest BCUT2D eigenvalue weighted by atomic mass is 16.4. The number of carbonyl (C=O) groups is 5. The van der Waals surface area contributed by atoms with Gasteiger partial charge in [-0.2, -0.15) is 0 Å². The maximum atomic E-state index is 12.1. The average molecular weight is 1740 g/mol. The van der Waals surface area contributed by atoms with Crippen LogP contribution in [0.4, 0.5) is 28.6 Å². The number of aromatic amines is 5. The molecular weight excluding hydrogens is 1640 g/mol. The number of piperidine rings is 2. The van der Waals surface area contributed by atoms with E-state index >= 15 is 0 Å². The second kappa shape index (κ2) is 36.9. The molecule has 0 spiro atoms. The lowest BCUT2D eigenvalue weighted by Crippen LogP contribution is -2.31. The van der Waals surface area contributed by atoms with Crippen molar-refractivity contribution in [3.63, 3.8) is 0 Å². The van der Waals surface area contributed by atoms with Gasteiger partial charge >= 0.3 is 29.8 Å². The molecule has 14 heterocycles. The van der Waals surface area contributed by atoms with Crippen LogP contribution in [0.2, 0.25) is 0 Å². The molecule has 8 atom stereocenters. The molecule has 4 unspecified atom stereocenters. The van der Waals surface area contributed by atoms with Gasteiger partial charge in [-0.05, 0) is 173 Å². The number of aromatic nitrogens is 10. The number of nitrogens with zero attached hydrogens (tertiary/aromatic N) is 12. The van der Waals surface area contributed by atoms with Crippen LogP contribution in [0.25, 0.3) is 56.8 Å². The second-order valence-corrected chi connectivity index (χ2v) is 33.1. The molecule has 17 rings (SSSR count). The fourth-order valence-electron chi connectivity index (χ4n) is 17.2. The van der Waals surface area contributed by atoms with Gasteiger partial charge in [0.05, 0.1) is 93.6 Å². The number of carboxylic acids is 5. The van der Waals surface area contributed by atoms with Gasteiger partial charge in [-0.1, -0.05) is 13.0 Å². The first-order chi connectivity index (χ1) is 60.3. The number of pyridine rings is 8. The number of likely N-dealkylation sites (N-methyl/N-ethyl adjacent to an activating group) is 2. The van der Waals surface area contributed by atoms with E-state index in [9.17, 15) is 73.5 Å². The van der Waals surface area contributed by atoms with E-state index < -0.39 is 114 Å². The summed E-state index contributed by atoms with van der Waals surface area (Å²) in [5.74, 6) is -6.86. The Morgan fingerprint density at radius 2 is 0.717 bits per heavy atom. The molecule has 668 valence electrons. The molecule has 10 aromatic rings. The van der Waals surface area contributed by atoms with Crippen molar-refractivity contribution < 1.29 is 75.0 Å². The van der Waals surface area contributed by atoms with Gasteiger partial charge in [0, 0.05) is 129 Å². The van der Waals surface area contributed by atoms with Gasteiger partial charge in [-0.3, -0.25) is 38.9 Å². The molecule has 127 heavy (non-hydrogen) atoms. The molecule has 0 radical (unpaired) electrons. The number of aromatic hydroxyl groups is 5. The van der Waals surface area contributed by atoms with Crippen LogP contribution >= 0.6 is 0 Å². The number of benzene rings is 1. The summed E-state index contributed by atoms with van der Waals surface area (Å²) in [4.78, 5) is 166. The van der Waals surface area contributed by atoms with Gasteiger partial charge in [0.25, 0.3) is 27.8 Å². The third kappa shape index (κ3) is 18.5. The maximum Gasteiger partial charge on any atom is 0.345 e. The summed E-state index contributed by atoms with van der Waals surface area (Å²) in [7, 11) is 8.25. The van der Waals surface area contributed by atoms with Crippen LogP contribution in [0.5, 0.6) is 28.7 Å². The fraction of sp³-hybridized carbons (Fsp3) is 0.375. The standard InChI is InChI=1S/C19H21N3O4.C18H23N5O4.C18H22N4O4.C17H18N4O4.C16H17N3O4/c1-8-5-10(22-6-12-13(7-22)15(12)20)3-4-11(8)16-9(2)17(23)14(19(25)26)18(24)21-16;1-4-11-15(21-17(25)14(16(11)24)18(26)27)12-7-20-13(8-19-12)23-6-5-10(9-23)22(2)3;1-10-15(20-17(24)14(16(10)23)18(25)26)13-5-4-11(8-19-13)22-7-6-12(9-22)21(2)3;1-7-14(20-16(23)12(15(7)22)17(24)25)11-3-2-8(4-19-11)21-5-9-10(6-21)13(9)18;1-9-13(18-15(21)12(14(9)20)16(22)23)11-5-4-10(8-17-11)19-6-2-3-7-19/h3-5,12-13,15H,6-7,20H2,1-2H3,(H,25,26)(H2,21,23,24);7-8,10H,4-6,9H2,1-3H3,(H,26,27)(H2,21,24,25);4-5,8,12H,6-7,9H2,1-3H3,(H,25,26)(H2,20,23,24);2-4,9-10,13H,5-6,18H2,1H3,(H,24,25)(H2,20,22,23);4-5,8H,2-3,6-7H2,1H3,(H,22,23)(H2,18,20,21)/t12-,13+,15?;;;9-,10+,13?;. The van der Waals surface area contributed by atoms with E-state index in [1.807, 2.05) is 43.3 Å². The monoisotopic (exact) mass is 1740 g/mol. The molecule has 5 aliphatic heterocycles. The number of H-pyrrole nitrogens is 5. The van der Waals surface area contributed by atoms with Crippen LogP contribution in [-0.2, 0) is 6.42 Å². The number of rotatable bonds is 18. The first-order valence-electron chi connectivity index (χ1n) is 41.2. The Kier molecular flexibility index (Phi) is 26.2. The molecule has 7 fully saturated rings. The van der Waals surface area contributed by atoms with Gasteiger partial charge < -0.3 is 122 Å². The number of hydrogen-bond donors (Lipinski definition) is 17. The van der Waals surface area contributed by atoms with Crippen LogP contribution in [0, 0.1) is 58.3 Å². The van der Waals surface area contributed by atoms with Gasteiger partial charge in [-0.25, -0.2) is 33.9 Å². The first-order valence-corrected chi connectivity index (χ1v) is 41.2. The third-order valence-corrected chi connectivity index (χ3v) is 25.0. The molecule has 2 saturated carbocycles.